The first-order valence-electron chi connectivity index (χ1n) is 6.04. The Morgan fingerprint density at radius 3 is 2.75 bits per heavy atom. The number of carbonyl (C=O) groups is 1. The Morgan fingerprint density at radius 2 is 2.19 bits per heavy atom. The maximum absolute atomic E-state index is 11.2. The number of carboxylic acid groups (broad SMARTS) is 1. The Bertz CT molecular complexity index is 243. The van der Waals surface area contributed by atoms with Crippen molar-refractivity contribution in [3.63, 3.8) is 0 Å². The van der Waals surface area contributed by atoms with E-state index in [1.54, 1.807) is 0 Å². The maximum Gasteiger partial charge on any atom is 0.310 e. The summed E-state index contributed by atoms with van der Waals surface area (Å²) in [5, 5.41) is 9.19. The molecule has 0 saturated carbocycles. The highest BCUT2D eigenvalue weighted by atomic mass is 16.4. The molecule has 0 radical (unpaired) electrons. The number of rotatable bonds is 5. The summed E-state index contributed by atoms with van der Waals surface area (Å²) in [7, 11) is 4.13. The molecule has 0 aromatic heterocycles. The second-order valence-corrected chi connectivity index (χ2v) is 5.40. The van der Waals surface area contributed by atoms with Gasteiger partial charge in [0.2, 0.25) is 0 Å². The minimum absolute atomic E-state index is 0.531. The SMILES string of the molecule is CN(C)CCCN1CCCC(C)(C(=O)O)C1. The van der Waals surface area contributed by atoms with E-state index in [9.17, 15) is 9.90 Å². The largest absolute Gasteiger partial charge is 0.481 e. The van der Waals surface area contributed by atoms with Gasteiger partial charge in [-0.1, -0.05) is 0 Å². The topological polar surface area (TPSA) is 43.8 Å². The molecule has 0 amide bonds. The van der Waals surface area contributed by atoms with Gasteiger partial charge in [0.15, 0.2) is 0 Å². The summed E-state index contributed by atoms with van der Waals surface area (Å²) in [4.78, 5) is 15.6. The molecular weight excluding hydrogens is 204 g/mol. The molecule has 0 spiro atoms. The van der Waals surface area contributed by atoms with Crippen LogP contribution in [-0.2, 0) is 4.79 Å². The highest BCUT2D eigenvalue weighted by molar-refractivity contribution is 5.74. The van der Waals surface area contributed by atoms with E-state index in [1.165, 1.54) is 0 Å². The van der Waals surface area contributed by atoms with Crippen LogP contribution in [0, 0.1) is 5.41 Å². The van der Waals surface area contributed by atoms with E-state index in [0.717, 1.165) is 38.9 Å². The van der Waals surface area contributed by atoms with Crippen LogP contribution >= 0.6 is 0 Å². The fourth-order valence-electron chi connectivity index (χ4n) is 2.32. The lowest BCUT2D eigenvalue weighted by Gasteiger charge is -2.37. The zero-order chi connectivity index (χ0) is 12.2. The molecule has 0 aliphatic carbocycles. The molecule has 1 saturated heterocycles. The molecule has 0 bridgehead atoms. The van der Waals surface area contributed by atoms with E-state index in [1.807, 2.05) is 6.92 Å². The molecule has 1 aliphatic heterocycles. The van der Waals surface area contributed by atoms with Crippen molar-refractivity contribution in [1.82, 2.24) is 9.80 Å². The summed E-state index contributed by atoms with van der Waals surface area (Å²) in [5.41, 5.74) is -0.531. The second kappa shape index (κ2) is 5.64. The Morgan fingerprint density at radius 1 is 1.50 bits per heavy atom. The van der Waals surface area contributed by atoms with Crippen LogP contribution in [0.4, 0.5) is 0 Å². The summed E-state index contributed by atoms with van der Waals surface area (Å²) in [6.07, 6.45) is 2.93. The van der Waals surface area contributed by atoms with Gasteiger partial charge in [-0.15, -0.1) is 0 Å². The lowest BCUT2D eigenvalue weighted by atomic mass is 9.82. The van der Waals surface area contributed by atoms with Gasteiger partial charge in [0.05, 0.1) is 5.41 Å². The van der Waals surface area contributed by atoms with Gasteiger partial charge in [-0.2, -0.15) is 0 Å². The van der Waals surface area contributed by atoms with Crippen molar-refractivity contribution in [3.8, 4) is 0 Å². The van der Waals surface area contributed by atoms with Gasteiger partial charge in [-0.3, -0.25) is 4.79 Å². The van der Waals surface area contributed by atoms with Gasteiger partial charge in [0.1, 0.15) is 0 Å². The van der Waals surface area contributed by atoms with E-state index in [4.69, 9.17) is 0 Å². The summed E-state index contributed by atoms with van der Waals surface area (Å²) in [5.74, 6) is -0.648. The van der Waals surface area contributed by atoms with Crippen LogP contribution in [0.25, 0.3) is 0 Å². The molecule has 1 aliphatic rings. The Hall–Kier alpha value is -0.610. The van der Waals surface area contributed by atoms with Crippen LogP contribution < -0.4 is 0 Å². The zero-order valence-electron chi connectivity index (χ0n) is 10.7. The molecule has 94 valence electrons. The van der Waals surface area contributed by atoms with Crippen LogP contribution in [0.2, 0.25) is 0 Å². The fourth-order valence-corrected chi connectivity index (χ4v) is 2.32. The van der Waals surface area contributed by atoms with E-state index < -0.39 is 11.4 Å². The van der Waals surface area contributed by atoms with Crippen molar-refractivity contribution in [2.24, 2.45) is 5.41 Å². The smallest absolute Gasteiger partial charge is 0.310 e. The number of hydrogen-bond donors (Lipinski definition) is 1. The van der Waals surface area contributed by atoms with Crippen LogP contribution in [-0.4, -0.2) is 61.2 Å². The van der Waals surface area contributed by atoms with Crippen molar-refractivity contribution in [2.45, 2.75) is 26.2 Å². The number of aliphatic carboxylic acids is 1. The molecule has 1 unspecified atom stereocenters. The third kappa shape index (κ3) is 3.76. The third-order valence-electron chi connectivity index (χ3n) is 3.37. The summed E-state index contributed by atoms with van der Waals surface area (Å²) in [6.45, 7) is 5.71. The summed E-state index contributed by atoms with van der Waals surface area (Å²) < 4.78 is 0. The molecular formula is C12H24N2O2. The normalized spacial score (nSPS) is 27.2. The fraction of sp³-hybridized carbons (Fsp3) is 0.917. The van der Waals surface area contributed by atoms with Crippen molar-refractivity contribution in [1.29, 1.82) is 0 Å². The van der Waals surface area contributed by atoms with Gasteiger partial charge in [0, 0.05) is 6.54 Å². The molecule has 0 aromatic rings. The van der Waals surface area contributed by atoms with Crippen molar-refractivity contribution >= 4 is 5.97 Å². The third-order valence-corrected chi connectivity index (χ3v) is 3.37. The quantitative estimate of drug-likeness (QED) is 0.766. The van der Waals surface area contributed by atoms with Gasteiger partial charge in [-0.05, 0) is 59.9 Å². The zero-order valence-corrected chi connectivity index (χ0v) is 10.7. The predicted octanol–water partition coefficient (Wildman–Crippen LogP) is 1.12. The average Bonchev–Trinajstić information content (AvgIpc) is 2.17. The number of nitrogens with zero attached hydrogens (tertiary/aromatic N) is 2. The Kier molecular flexibility index (Phi) is 4.74. The second-order valence-electron chi connectivity index (χ2n) is 5.40. The minimum atomic E-state index is -0.648. The highest BCUT2D eigenvalue weighted by Gasteiger charge is 2.37. The van der Waals surface area contributed by atoms with E-state index in [-0.39, 0.29) is 0 Å². The molecule has 0 aromatic carbocycles. The molecule has 1 rings (SSSR count). The van der Waals surface area contributed by atoms with Crippen LogP contribution in [0.5, 0.6) is 0 Å². The van der Waals surface area contributed by atoms with Gasteiger partial charge in [-0.25, -0.2) is 0 Å². The maximum atomic E-state index is 11.2. The molecule has 1 N–H and O–H groups in total. The molecule has 4 nitrogen and oxygen atoms in total. The molecule has 1 heterocycles. The Labute approximate surface area is 98.2 Å². The first kappa shape index (κ1) is 13.5. The standard InChI is InChI=1S/C12H24N2O2/c1-12(11(15)16)6-4-8-14(10-12)9-5-7-13(2)3/h4-10H2,1-3H3,(H,15,16). The van der Waals surface area contributed by atoms with Gasteiger partial charge >= 0.3 is 5.97 Å². The molecule has 16 heavy (non-hydrogen) atoms. The van der Waals surface area contributed by atoms with E-state index in [2.05, 4.69) is 23.9 Å². The minimum Gasteiger partial charge on any atom is -0.481 e. The number of carboxylic acids is 1. The lowest BCUT2D eigenvalue weighted by Crippen LogP contribution is -2.46. The monoisotopic (exact) mass is 228 g/mol. The summed E-state index contributed by atoms with van der Waals surface area (Å²) in [6, 6.07) is 0. The van der Waals surface area contributed by atoms with Crippen molar-refractivity contribution in [3.05, 3.63) is 0 Å². The summed E-state index contributed by atoms with van der Waals surface area (Å²) >= 11 is 0. The van der Waals surface area contributed by atoms with E-state index in [0.29, 0.717) is 6.54 Å². The first-order chi connectivity index (χ1) is 7.44. The molecule has 4 heteroatoms. The number of piperidine rings is 1. The van der Waals surface area contributed by atoms with Crippen molar-refractivity contribution in [2.75, 3.05) is 40.3 Å². The number of likely N-dealkylation sites (tertiary alicyclic amines) is 1. The van der Waals surface area contributed by atoms with Crippen molar-refractivity contribution < 1.29 is 9.90 Å². The van der Waals surface area contributed by atoms with Crippen LogP contribution in [0.15, 0.2) is 0 Å². The first-order valence-corrected chi connectivity index (χ1v) is 6.04. The number of hydrogen-bond acceptors (Lipinski definition) is 3. The Balaban J connectivity index is 2.36. The van der Waals surface area contributed by atoms with Crippen LogP contribution in [0.1, 0.15) is 26.2 Å². The molecule has 1 atom stereocenters. The molecule has 1 fully saturated rings. The van der Waals surface area contributed by atoms with Crippen LogP contribution in [0.3, 0.4) is 0 Å². The van der Waals surface area contributed by atoms with E-state index >= 15 is 0 Å². The average molecular weight is 228 g/mol. The lowest BCUT2D eigenvalue weighted by molar-refractivity contribution is -0.151. The van der Waals surface area contributed by atoms with Gasteiger partial charge < -0.3 is 14.9 Å². The van der Waals surface area contributed by atoms with Gasteiger partial charge in [0.25, 0.3) is 0 Å². The highest BCUT2D eigenvalue weighted by Crippen LogP contribution is 2.29. The predicted molar refractivity (Wildman–Crippen MR) is 64.6 cm³/mol.